The fourth-order valence-electron chi connectivity index (χ4n) is 3.61. The zero-order valence-electron chi connectivity index (χ0n) is 13.0. The lowest BCUT2D eigenvalue weighted by atomic mass is 9.90. The minimum atomic E-state index is -0.160. The topological polar surface area (TPSA) is 75.1 Å². The molecule has 1 saturated heterocycles. The van der Waals surface area contributed by atoms with Crippen molar-refractivity contribution in [1.82, 2.24) is 14.8 Å². The van der Waals surface area contributed by atoms with Gasteiger partial charge >= 0.3 is 0 Å². The van der Waals surface area contributed by atoms with Gasteiger partial charge < -0.3 is 9.88 Å². The third kappa shape index (κ3) is 2.23. The molecule has 0 aromatic carbocycles. The smallest absolute Gasteiger partial charge is 0.273 e. The largest absolute Gasteiger partial charge is 0.335 e. The normalized spacial score (nSPS) is 29.9. The third-order valence-corrected chi connectivity index (χ3v) is 4.98. The van der Waals surface area contributed by atoms with E-state index >= 15 is 0 Å². The maximum absolute atomic E-state index is 12.2. The number of hydrogen-bond donors (Lipinski definition) is 3. The summed E-state index contributed by atoms with van der Waals surface area (Å²) in [5.74, 6) is 0.441. The number of hydrogen-bond acceptors (Lipinski definition) is 2. The number of quaternary nitrogens is 1. The van der Waals surface area contributed by atoms with Gasteiger partial charge in [0.15, 0.2) is 0 Å². The summed E-state index contributed by atoms with van der Waals surface area (Å²) in [6.07, 6.45) is 0.989. The molecule has 0 aliphatic carbocycles. The Kier molecular flexibility index (Phi) is 3.28. The van der Waals surface area contributed by atoms with Crippen molar-refractivity contribution < 1.29 is 4.90 Å². The lowest BCUT2D eigenvalue weighted by Crippen LogP contribution is -3.14. The average molecular weight is 291 g/mol. The minimum Gasteiger partial charge on any atom is -0.335 e. The van der Waals surface area contributed by atoms with E-state index in [1.807, 2.05) is 11.6 Å². The summed E-state index contributed by atoms with van der Waals surface area (Å²) < 4.78 is 1.89. The molecule has 0 amide bonds. The van der Waals surface area contributed by atoms with E-state index in [4.69, 9.17) is 0 Å². The highest BCUT2D eigenvalue weighted by Gasteiger charge is 2.34. The number of pyridine rings is 1. The van der Waals surface area contributed by atoms with Crippen molar-refractivity contribution >= 4 is 11.0 Å². The highest BCUT2D eigenvalue weighted by atomic mass is 16.1. The fourth-order valence-corrected chi connectivity index (χ4v) is 3.61. The van der Waals surface area contributed by atoms with Crippen molar-refractivity contribution in [2.24, 2.45) is 5.92 Å². The Balaban J connectivity index is 2.17. The van der Waals surface area contributed by atoms with Crippen molar-refractivity contribution in [3.63, 3.8) is 0 Å². The number of aromatic nitrogens is 3. The van der Waals surface area contributed by atoms with Gasteiger partial charge in [0, 0.05) is 18.4 Å². The van der Waals surface area contributed by atoms with E-state index in [-0.39, 0.29) is 17.2 Å². The van der Waals surface area contributed by atoms with Crippen LogP contribution in [0, 0.1) is 12.8 Å². The number of aryl methyl sites for hydroxylation is 1. The summed E-state index contributed by atoms with van der Waals surface area (Å²) in [4.78, 5) is 28.3. The number of H-pyrrole nitrogens is 2. The van der Waals surface area contributed by atoms with E-state index in [9.17, 15) is 9.59 Å². The highest BCUT2D eigenvalue weighted by Crippen LogP contribution is 2.26. The van der Waals surface area contributed by atoms with E-state index in [1.165, 1.54) is 11.0 Å². The van der Waals surface area contributed by atoms with Gasteiger partial charge in [-0.25, -0.2) is 0 Å². The molecule has 3 N–H and O–H groups in total. The first kappa shape index (κ1) is 14.1. The number of nitrogens with zero attached hydrogens (tertiary/aromatic N) is 1. The van der Waals surface area contributed by atoms with Gasteiger partial charge in [-0.05, 0) is 19.4 Å². The molecule has 0 spiro atoms. The summed E-state index contributed by atoms with van der Waals surface area (Å²) >= 11 is 0. The molecule has 0 saturated carbocycles. The van der Waals surface area contributed by atoms with Crippen LogP contribution in [0.4, 0.5) is 0 Å². The van der Waals surface area contributed by atoms with E-state index in [0.717, 1.165) is 18.5 Å². The molecule has 6 heteroatoms. The molecule has 0 radical (unpaired) electrons. The Bertz CT molecular complexity index is 785. The van der Waals surface area contributed by atoms with E-state index in [0.29, 0.717) is 23.0 Å². The van der Waals surface area contributed by atoms with E-state index in [2.05, 4.69) is 31.0 Å². The SMILES string of the molecule is Cc1cc(=O)[nH]c2c1c(=O)[nH]n2[C@H]1C[C@H](C)[NH+](C)C[C@@H]1C. The molecule has 4 atom stereocenters. The van der Waals surface area contributed by atoms with Crippen LogP contribution in [0.15, 0.2) is 15.7 Å². The third-order valence-electron chi connectivity index (χ3n) is 4.98. The lowest BCUT2D eigenvalue weighted by Gasteiger charge is -2.37. The predicted octanol–water partition coefficient (Wildman–Crippen LogP) is -0.190. The summed E-state index contributed by atoms with van der Waals surface area (Å²) in [5.41, 5.74) is 1.08. The summed E-state index contributed by atoms with van der Waals surface area (Å²) in [6, 6.07) is 2.22. The minimum absolute atomic E-state index is 0.120. The Morgan fingerprint density at radius 2 is 2.05 bits per heavy atom. The van der Waals surface area contributed by atoms with Gasteiger partial charge in [-0.3, -0.25) is 19.4 Å². The number of piperidine rings is 1. The molecular weight excluding hydrogens is 268 g/mol. The van der Waals surface area contributed by atoms with Crippen LogP contribution in [0.3, 0.4) is 0 Å². The number of likely N-dealkylation sites (tertiary alicyclic amines) is 1. The fraction of sp³-hybridized carbons (Fsp3) is 0.600. The van der Waals surface area contributed by atoms with Crippen LogP contribution >= 0.6 is 0 Å². The van der Waals surface area contributed by atoms with Crippen LogP contribution in [-0.2, 0) is 0 Å². The molecule has 114 valence electrons. The van der Waals surface area contributed by atoms with Gasteiger partial charge in [0.1, 0.15) is 5.65 Å². The Morgan fingerprint density at radius 3 is 2.76 bits per heavy atom. The molecule has 1 unspecified atom stereocenters. The van der Waals surface area contributed by atoms with Crippen molar-refractivity contribution in [3.8, 4) is 0 Å². The lowest BCUT2D eigenvalue weighted by molar-refractivity contribution is -0.914. The van der Waals surface area contributed by atoms with Crippen LogP contribution in [0.25, 0.3) is 11.0 Å². The van der Waals surface area contributed by atoms with Gasteiger partial charge in [0.05, 0.1) is 31.1 Å². The van der Waals surface area contributed by atoms with Gasteiger partial charge in [-0.15, -0.1) is 0 Å². The number of aromatic amines is 2. The molecule has 2 aromatic heterocycles. The average Bonchev–Trinajstić information content (AvgIpc) is 2.71. The summed E-state index contributed by atoms with van der Waals surface area (Å²) in [5, 5.41) is 3.54. The van der Waals surface area contributed by atoms with Crippen molar-refractivity contribution in [2.75, 3.05) is 13.6 Å². The van der Waals surface area contributed by atoms with Crippen LogP contribution in [0.5, 0.6) is 0 Å². The van der Waals surface area contributed by atoms with Gasteiger partial charge in [0.25, 0.3) is 5.56 Å². The first-order chi connectivity index (χ1) is 9.88. The van der Waals surface area contributed by atoms with Crippen molar-refractivity contribution in [2.45, 2.75) is 39.3 Å². The van der Waals surface area contributed by atoms with E-state index < -0.39 is 0 Å². The second-order valence-corrected chi connectivity index (χ2v) is 6.58. The second-order valence-electron chi connectivity index (χ2n) is 6.58. The maximum atomic E-state index is 12.2. The van der Waals surface area contributed by atoms with Gasteiger partial charge in [-0.1, -0.05) is 6.92 Å². The molecule has 2 aromatic rings. The molecule has 3 heterocycles. The monoisotopic (exact) mass is 291 g/mol. The summed E-state index contributed by atoms with van der Waals surface area (Å²) in [7, 11) is 2.21. The Labute approximate surface area is 122 Å². The van der Waals surface area contributed by atoms with Crippen LogP contribution in [0.2, 0.25) is 0 Å². The Hall–Kier alpha value is -1.82. The molecular formula is C15H23N4O2+. The maximum Gasteiger partial charge on any atom is 0.273 e. The number of nitrogens with one attached hydrogen (secondary N) is 3. The second kappa shape index (κ2) is 4.87. The molecule has 1 fully saturated rings. The van der Waals surface area contributed by atoms with Crippen LogP contribution in [-0.4, -0.2) is 34.4 Å². The molecule has 6 nitrogen and oxygen atoms in total. The quantitative estimate of drug-likeness (QED) is 0.681. The zero-order chi connectivity index (χ0) is 15.3. The van der Waals surface area contributed by atoms with Gasteiger partial charge in [0.2, 0.25) is 5.56 Å². The molecule has 0 bridgehead atoms. The van der Waals surface area contributed by atoms with Crippen molar-refractivity contribution in [3.05, 3.63) is 32.3 Å². The summed E-state index contributed by atoms with van der Waals surface area (Å²) in [6.45, 7) is 7.30. The van der Waals surface area contributed by atoms with Crippen LogP contribution in [0.1, 0.15) is 31.9 Å². The molecule has 21 heavy (non-hydrogen) atoms. The highest BCUT2D eigenvalue weighted by molar-refractivity contribution is 5.78. The first-order valence-electron chi connectivity index (χ1n) is 7.55. The molecule has 3 rings (SSSR count). The molecule has 1 aliphatic rings. The Morgan fingerprint density at radius 1 is 1.33 bits per heavy atom. The number of fused-ring (bicyclic) bond motifs is 1. The van der Waals surface area contributed by atoms with Gasteiger partial charge in [-0.2, -0.15) is 0 Å². The molecule has 1 aliphatic heterocycles. The predicted molar refractivity (Wildman–Crippen MR) is 82.0 cm³/mol. The zero-order valence-corrected chi connectivity index (χ0v) is 13.0. The number of rotatable bonds is 1. The standard InChI is InChI=1S/C15H22N4O2/c1-8-5-12(20)16-14-13(8)15(21)17-19(14)11-6-10(3)18(4)7-9(11)2/h5,9-11H,6-7H2,1-4H3,(H,16,20)(H,17,21)/p+1/t9-,10-,11-/m0/s1. The van der Waals surface area contributed by atoms with Crippen LogP contribution < -0.4 is 16.0 Å². The van der Waals surface area contributed by atoms with Crippen molar-refractivity contribution in [1.29, 1.82) is 0 Å². The van der Waals surface area contributed by atoms with E-state index in [1.54, 1.807) is 0 Å². The first-order valence-corrected chi connectivity index (χ1v) is 7.55.